The van der Waals surface area contributed by atoms with Gasteiger partial charge >= 0.3 is 0 Å². The van der Waals surface area contributed by atoms with Gasteiger partial charge in [0.25, 0.3) is 27.2 Å². The predicted octanol–water partition coefficient (Wildman–Crippen LogP) is 0.818. The number of hydrogen-bond donors (Lipinski definition) is 1. The number of sulfonamides is 1. The maximum Gasteiger partial charge on any atom is 0.289 e. The third-order valence-corrected chi connectivity index (χ3v) is 7.99. The van der Waals surface area contributed by atoms with Crippen LogP contribution in [0.25, 0.3) is 0 Å². The van der Waals surface area contributed by atoms with E-state index in [-0.39, 0.29) is 40.0 Å². The number of hydrogen-bond acceptors (Lipinski definition) is 7. The summed E-state index contributed by atoms with van der Waals surface area (Å²) < 4.78 is 36.1. The topological polar surface area (TPSA) is 147 Å². The maximum absolute atomic E-state index is 13.0. The standard InChI is InChI=1S/C25H26N6O6S2/c1-15-5-11-19(12-6-15)39(35,36)27-23-21(30(4)28-37-23)14-31-20(24(34)29(3)25(31)38)13-22(33)26-18-9-7-17(8-10-18)16(2)32/h5-12,20H,13-14H2,1-4H3,(H,26,33)/b27-23-. The lowest BCUT2D eigenvalue weighted by molar-refractivity contribution is -0.752. The summed E-state index contributed by atoms with van der Waals surface area (Å²) in [5.41, 5.74) is 1.83. The number of rotatable bonds is 8. The molecule has 4 rings (SSSR count). The van der Waals surface area contributed by atoms with Crippen LogP contribution in [0.15, 0.2) is 62.3 Å². The third-order valence-electron chi connectivity index (χ3n) is 6.21. The number of aromatic nitrogens is 2. The summed E-state index contributed by atoms with van der Waals surface area (Å²) in [7, 11) is -1.09. The molecule has 1 aromatic heterocycles. The molecule has 14 heteroatoms. The molecule has 12 nitrogen and oxygen atoms in total. The Balaban J connectivity index is 1.58. The molecule has 2 amide bonds. The highest BCUT2D eigenvalue weighted by molar-refractivity contribution is 7.90. The first kappa shape index (κ1) is 27.9. The maximum atomic E-state index is 13.0. The number of nitrogens with zero attached hydrogens (tertiary/aromatic N) is 5. The fraction of sp³-hybridized carbons (Fsp3) is 0.280. The molecule has 0 aliphatic carbocycles. The van der Waals surface area contributed by atoms with Gasteiger partial charge in [0.05, 0.1) is 11.3 Å². The molecule has 2 heterocycles. The van der Waals surface area contributed by atoms with Crippen molar-refractivity contribution >= 4 is 50.6 Å². The van der Waals surface area contributed by atoms with Crippen molar-refractivity contribution in [3.63, 3.8) is 0 Å². The number of likely N-dealkylation sites (N-methyl/N-ethyl adjacent to an activating group) is 1. The van der Waals surface area contributed by atoms with Gasteiger partial charge in [-0.25, -0.2) is 4.68 Å². The molecule has 2 aromatic carbocycles. The lowest BCUT2D eigenvalue weighted by Gasteiger charge is -2.21. The number of ketones is 1. The van der Waals surface area contributed by atoms with Crippen LogP contribution in [0.3, 0.4) is 0 Å². The van der Waals surface area contributed by atoms with Gasteiger partial charge in [-0.3, -0.25) is 24.6 Å². The fourth-order valence-electron chi connectivity index (χ4n) is 3.94. The Kier molecular flexibility index (Phi) is 7.79. The summed E-state index contributed by atoms with van der Waals surface area (Å²) >= 11 is 5.45. The molecule has 1 aliphatic rings. The highest BCUT2D eigenvalue weighted by Crippen LogP contribution is 2.22. The van der Waals surface area contributed by atoms with E-state index < -0.39 is 27.9 Å². The first-order chi connectivity index (χ1) is 18.4. The van der Waals surface area contributed by atoms with Crippen molar-refractivity contribution in [2.45, 2.75) is 37.8 Å². The Morgan fingerprint density at radius 3 is 2.41 bits per heavy atom. The minimum Gasteiger partial charge on any atom is -0.486 e. The molecule has 1 unspecified atom stereocenters. The van der Waals surface area contributed by atoms with Crippen molar-refractivity contribution in [2.24, 2.45) is 11.4 Å². The molecule has 3 aromatic rings. The molecule has 0 spiro atoms. The van der Waals surface area contributed by atoms with Crippen molar-refractivity contribution in [1.82, 2.24) is 15.1 Å². The van der Waals surface area contributed by atoms with Crippen LogP contribution < -0.4 is 20.8 Å². The molecule has 1 atom stereocenters. The van der Waals surface area contributed by atoms with E-state index in [9.17, 15) is 22.8 Å². The smallest absolute Gasteiger partial charge is 0.289 e. The molecular formula is C25H26N6O6S2. The summed E-state index contributed by atoms with van der Waals surface area (Å²) in [6.07, 6.45) is -0.235. The number of aryl methyl sites for hydroxylation is 2. The average molecular weight is 571 g/mol. The number of carbonyl (C=O) groups excluding carboxylic acids is 3. The zero-order valence-corrected chi connectivity index (χ0v) is 23.2. The molecule has 0 bridgehead atoms. The summed E-state index contributed by atoms with van der Waals surface area (Å²) in [4.78, 5) is 40.0. The number of thiocarbonyl (C=S) groups is 1. The van der Waals surface area contributed by atoms with E-state index in [1.807, 2.05) is 6.92 Å². The quantitative estimate of drug-likeness (QED) is 0.236. The van der Waals surface area contributed by atoms with Gasteiger partial charge in [0.1, 0.15) is 19.6 Å². The Morgan fingerprint density at radius 2 is 1.79 bits per heavy atom. The zero-order valence-electron chi connectivity index (χ0n) is 21.6. The third kappa shape index (κ3) is 5.96. The van der Waals surface area contributed by atoms with Gasteiger partial charge in [-0.2, -0.15) is 8.42 Å². The van der Waals surface area contributed by atoms with E-state index in [1.54, 1.807) is 36.4 Å². The molecule has 39 heavy (non-hydrogen) atoms. The van der Waals surface area contributed by atoms with E-state index in [0.29, 0.717) is 11.3 Å². The van der Waals surface area contributed by atoms with Crippen LogP contribution in [0.2, 0.25) is 0 Å². The van der Waals surface area contributed by atoms with Crippen LogP contribution in [0.4, 0.5) is 5.69 Å². The fourth-order valence-corrected chi connectivity index (χ4v) is 5.17. The first-order valence-electron chi connectivity index (χ1n) is 11.8. The van der Waals surface area contributed by atoms with Crippen LogP contribution in [0.5, 0.6) is 0 Å². The predicted molar refractivity (Wildman–Crippen MR) is 142 cm³/mol. The second-order valence-corrected chi connectivity index (χ2v) is 11.0. The lowest BCUT2D eigenvalue weighted by atomic mass is 10.1. The largest absolute Gasteiger partial charge is 0.486 e. The molecular weight excluding hydrogens is 544 g/mol. The summed E-state index contributed by atoms with van der Waals surface area (Å²) in [6.45, 7) is 3.18. The molecule has 1 aliphatic heterocycles. The van der Waals surface area contributed by atoms with Crippen molar-refractivity contribution in [3.05, 3.63) is 70.9 Å². The number of nitrogens with one attached hydrogen (secondary N) is 1. The van der Waals surface area contributed by atoms with Gasteiger partial charge < -0.3 is 14.7 Å². The number of amides is 2. The van der Waals surface area contributed by atoms with Crippen LogP contribution in [-0.2, 0) is 33.2 Å². The molecule has 1 saturated heterocycles. The number of anilines is 1. The highest BCUT2D eigenvalue weighted by atomic mass is 32.2. The Morgan fingerprint density at radius 1 is 1.15 bits per heavy atom. The molecule has 204 valence electrons. The van der Waals surface area contributed by atoms with Crippen molar-refractivity contribution < 1.29 is 32.0 Å². The Hall–Kier alpha value is -4.17. The summed E-state index contributed by atoms with van der Waals surface area (Å²) in [5.74, 6) is -0.947. The van der Waals surface area contributed by atoms with Crippen LogP contribution >= 0.6 is 12.2 Å². The average Bonchev–Trinajstić information content (AvgIpc) is 3.31. The van der Waals surface area contributed by atoms with Crippen molar-refractivity contribution in [3.8, 4) is 0 Å². The molecule has 1 fully saturated rings. The molecule has 1 N–H and O–H groups in total. The van der Waals surface area contributed by atoms with Crippen molar-refractivity contribution in [1.29, 1.82) is 0 Å². The minimum absolute atomic E-state index is 0.0180. The highest BCUT2D eigenvalue weighted by Gasteiger charge is 2.43. The van der Waals surface area contributed by atoms with E-state index in [0.717, 1.165) is 5.56 Å². The zero-order chi connectivity index (χ0) is 28.5. The number of carbonyl (C=O) groups is 3. The Bertz CT molecular complexity index is 1620. The lowest BCUT2D eigenvalue weighted by Crippen LogP contribution is -2.45. The van der Waals surface area contributed by atoms with Crippen LogP contribution in [-0.4, -0.2) is 54.0 Å². The first-order valence-corrected chi connectivity index (χ1v) is 13.6. The second kappa shape index (κ2) is 10.9. The number of Topliss-reactive ketones (excluding diaryl/α,β-unsaturated/α-hetero) is 1. The van der Waals surface area contributed by atoms with E-state index in [1.165, 1.54) is 47.6 Å². The minimum atomic E-state index is -4.12. The van der Waals surface area contributed by atoms with Gasteiger partial charge in [0.2, 0.25) is 5.91 Å². The van der Waals surface area contributed by atoms with E-state index >= 15 is 0 Å². The molecule has 0 radical (unpaired) electrons. The second-order valence-electron chi connectivity index (χ2n) is 9.04. The number of benzene rings is 2. The summed E-state index contributed by atoms with van der Waals surface area (Å²) in [6, 6.07) is 11.6. The van der Waals surface area contributed by atoms with Crippen molar-refractivity contribution in [2.75, 3.05) is 12.4 Å². The molecule has 0 saturated carbocycles. The van der Waals surface area contributed by atoms with Crippen LogP contribution in [0.1, 0.15) is 35.0 Å². The van der Waals surface area contributed by atoms with Gasteiger partial charge in [0.15, 0.2) is 10.9 Å². The Labute approximate surface area is 229 Å². The van der Waals surface area contributed by atoms with Gasteiger partial charge in [-0.05, 0) is 62.5 Å². The van der Waals surface area contributed by atoms with E-state index in [2.05, 4.69) is 15.0 Å². The monoisotopic (exact) mass is 570 g/mol. The van der Waals surface area contributed by atoms with Crippen LogP contribution in [0, 0.1) is 6.92 Å². The summed E-state index contributed by atoms with van der Waals surface area (Å²) in [5, 5.41) is 6.65. The van der Waals surface area contributed by atoms with E-state index in [4.69, 9.17) is 16.7 Å². The normalized spacial score (nSPS) is 16.2. The van der Waals surface area contributed by atoms with Gasteiger partial charge in [-0.15, -0.1) is 4.40 Å². The van der Waals surface area contributed by atoms with Gasteiger partial charge in [-0.1, -0.05) is 17.7 Å². The van der Waals surface area contributed by atoms with Gasteiger partial charge in [0, 0.05) is 18.3 Å². The SMILES string of the molecule is CC(=O)c1ccc(NC(=O)CC2C(=O)N(C)C(=S)N2Cc2/c(=N/S(=O)(=O)c3ccc(C)cc3)o[n-][n+]2C)cc1.